The van der Waals surface area contributed by atoms with E-state index in [0.29, 0.717) is 26.2 Å². The van der Waals surface area contributed by atoms with E-state index in [-0.39, 0.29) is 41.8 Å². The van der Waals surface area contributed by atoms with E-state index in [9.17, 15) is 13.2 Å². The highest BCUT2D eigenvalue weighted by molar-refractivity contribution is 7.89. The number of benzene rings is 2. The number of guanidine groups is 1. The number of nitrogens with zero attached hydrogens (tertiary/aromatic N) is 3. The van der Waals surface area contributed by atoms with Crippen LogP contribution in [0.25, 0.3) is 10.8 Å². The molecule has 2 aromatic carbocycles. The number of hydrazine groups is 1. The zero-order valence-electron chi connectivity index (χ0n) is 19.2. The van der Waals surface area contributed by atoms with E-state index in [2.05, 4.69) is 4.83 Å². The van der Waals surface area contributed by atoms with Gasteiger partial charge < -0.3 is 15.5 Å². The van der Waals surface area contributed by atoms with E-state index in [1.165, 1.54) is 5.01 Å². The van der Waals surface area contributed by atoms with Gasteiger partial charge in [-0.15, -0.1) is 17.2 Å². The van der Waals surface area contributed by atoms with Gasteiger partial charge in [-0.2, -0.15) is 0 Å². The van der Waals surface area contributed by atoms with Gasteiger partial charge in [-0.3, -0.25) is 5.41 Å². The van der Waals surface area contributed by atoms with Crippen molar-refractivity contribution in [1.29, 1.82) is 5.41 Å². The van der Waals surface area contributed by atoms with Crippen LogP contribution in [-0.2, 0) is 10.0 Å². The number of nitrogens with two attached hydrogens (primary N) is 1. The molecule has 186 valence electrons. The van der Waals surface area contributed by atoms with Gasteiger partial charge in [-0.1, -0.05) is 30.3 Å². The smallest absolute Gasteiger partial charge is 0.335 e. The number of fused-ring (bicyclic) bond motifs is 1. The minimum Gasteiger partial charge on any atom is -0.370 e. The van der Waals surface area contributed by atoms with Gasteiger partial charge in [0.2, 0.25) is 0 Å². The van der Waals surface area contributed by atoms with Crippen LogP contribution in [0.2, 0.25) is 0 Å². The Morgan fingerprint density at radius 2 is 1.65 bits per heavy atom. The first-order chi connectivity index (χ1) is 15.8. The molecule has 0 spiro atoms. The third-order valence-electron chi connectivity index (χ3n) is 6.52. The maximum atomic E-state index is 13.3. The first-order valence-electron chi connectivity index (χ1n) is 11.5. The van der Waals surface area contributed by atoms with E-state index in [1.54, 1.807) is 28.0 Å². The zero-order valence-corrected chi connectivity index (χ0v) is 20.8. The molecule has 0 aliphatic carbocycles. The largest absolute Gasteiger partial charge is 0.370 e. The van der Waals surface area contributed by atoms with Gasteiger partial charge >= 0.3 is 6.03 Å². The number of nitrogens with one attached hydrogen (secondary N) is 2. The standard InChI is InChI=1S/C23H32N6O3S.ClH/c24-22(25)27-14-10-18(11-15-27)17-29(23(30)28-12-4-1-5-13-28)26-33(31,32)21-9-8-19-6-2-3-7-20(19)16-21;/h2-3,6-9,16,18,26H,1,4-5,10-15,17H2,(H3,24,25);1H. The van der Waals surface area contributed by atoms with Crippen LogP contribution in [0, 0.1) is 11.3 Å². The Labute approximate surface area is 207 Å². The van der Waals surface area contributed by atoms with Crippen molar-refractivity contribution < 1.29 is 13.2 Å². The Hall–Kier alpha value is -2.56. The predicted octanol–water partition coefficient (Wildman–Crippen LogP) is 2.97. The summed E-state index contributed by atoms with van der Waals surface area (Å²) in [6, 6.07) is 12.3. The Balaban J connectivity index is 0.00000324. The highest BCUT2D eigenvalue weighted by atomic mass is 35.5. The first kappa shape index (κ1) is 26.1. The van der Waals surface area contributed by atoms with Crippen LogP contribution < -0.4 is 10.6 Å². The molecule has 11 heteroatoms. The summed E-state index contributed by atoms with van der Waals surface area (Å²) in [5, 5.41) is 10.7. The van der Waals surface area contributed by atoms with Gasteiger partial charge in [-0.25, -0.2) is 18.2 Å². The van der Waals surface area contributed by atoms with Crippen molar-refractivity contribution in [2.75, 3.05) is 32.7 Å². The van der Waals surface area contributed by atoms with Gasteiger partial charge in [-0.05, 0) is 60.9 Å². The van der Waals surface area contributed by atoms with Crippen LogP contribution >= 0.6 is 12.4 Å². The van der Waals surface area contributed by atoms with E-state index in [0.717, 1.165) is 42.9 Å². The molecule has 0 radical (unpaired) electrons. The summed E-state index contributed by atoms with van der Waals surface area (Å²) < 4.78 is 26.6. The molecule has 2 aromatic rings. The summed E-state index contributed by atoms with van der Waals surface area (Å²) in [5.41, 5.74) is 5.59. The van der Waals surface area contributed by atoms with Crippen molar-refractivity contribution in [3.05, 3.63) is 42.5 Å². The first-order valence-corrected chi connectivity index (χ1v) is 13.0. The molecule has 0 bridgehead atoms. The molecule has 2 amide bonds. The van der Waals surface area contributed by atoms with Gasteiger partial charge in [0.25, 0.3) is 10.0 Å². The molecular weight excluding hydrogens is 476 g/mol. The van der Waals surface area contributed by atoms with Crippen molar-refractivity contribution in [1.82, 2.24) is 19.6 Å². The fourth-order valence-electron chi connectivity index (χ4n) is 4.56. The highest BCUT2D eigenvalue weighted by Gasteiger charge is 2.31. The average molecular weight is 509 g/mol. The van der Waals surface area contributed by atoms with E-state index >= 15 is 0 Å². The molecule has 0 aromatic heterocycles. The van der Waals surface area contributed by atoms with Crippen LogP contribution in [0.5, 0.6) is 0 Å². The topological polar surface area (TPSA) is 123 Å². The maximum Gasteiger partial charge on any atom is 0.335 e. The number of carbonyl (C=O) groups is 1. The Bertz CT molecular complexity index is 1110. The third kappa shape index (κ3) is 6.11. The average Bonchev–Trinajstić information content (AvgIpc) is 2.83. The summed E-state index contributed by atoms with van der Waals surface area (Å²) in [5.74, 6) is 0.167. The molecule has 2 aliphatic heterocycles. The molecule has 0 saturated carbocycles. The molecule has 2 fully saturated rings. The number of piperidine rings is 2. The summed E-state index contributed by atoms with van der Waals surface area (Å²) in [4.78, 5) is 19.6. The second kappa shape index (κ2) is 11.2. The van der Waals surface area contributed by atoms with Crippen molar-refractivity contribution in [2.45, 2.75) is 37.0 Å². The molecular formula is C23H33ClN6O3S. The minimum absolute atomic E-state index is 0. The molecule has 0 atom stereocenters. The quantitative estimate of drug-likeness (QED) is 0.325. The fraction of sp³-hybridized carbons (Fsp3) is 0.478. The monoisotopic (exact) mass is 508 g/mol. The molecule has 9 nitrogen and oxygen atoms in total. The zero-order chi connectivity index (χ0) is 23.4. The van der Waals surface area contributed by atoms with Crippen LogP contribution in [0.3, 0.4) is 0 Å². The number of hydrogen-bond acceptors (Lipinski definition) is 4. The van der Waals surface area contributed by atoms with Crippen molar-refractivity contribution in [2.24, 2.45) is 11.7 Å². The second-order valence-corrected chi connectivity index (χ2v) is 10.5. The Morgan fingerprint density at radius 1 is 1.00 bits per heavy atom. The number of sulfonamides is 1. The van der Waals surface area contributed by atoms with E-state index in [4.69, 9.17) is 11.1 Å². The third-order valence-corrected chi connectivity index (χ3v) is 7.85. The van der Waals surface area contributed by atoms with Crippen molar-refractivity contribution in [3.63, 3.8) is 0 Å². The number of hydrogen-bond donors (Lipinski definition) is 3. The SMILES string of the molecule is Cl.N=C(N)N1CCC(CN(NS(=O)(=O)c2ccc3ccccc3c2)C(=O)N2CCCCC2)CC1. The van der Waals surface area contributed by atoms with Crippen LogP contribution in [0.4, 0.5) is 4.79 Å². The summed E-state index contributed by atoms with van der Waals surface area (Å²) in [7, 11) is -3.95. The van der Waals surface area contributed by atoms with Gasteiger partial charge in [0.1, 0.15) is 0 Å². The van der Waals surface area contributed by atoms with Crippen LogP contribution in [0.1, 0.15) is 32.1 Å². The summed E-state index contributed by atoms with van der Waals surface area (Å²) >= 11 is 0. The van der Waals surface area contributed by atoms with Gasteiger partial charge in [0.15, 0.2) is 5.96 Å². The molecule has 0 unspecified atom stereocenters. The highest BCUT2D eigenvalue weighted by Crippen LogP contribution is 2.22. The lowest BCUT2D eigenvalue weighted by molar-refractivity contribution is 0.117. The van der Waals surface area contributed by atoms with Gasteiger partial charge in [0, 0.05) is 32.7 Å². The number of amides is 2. The molecule has 2 heterocycles. The molecule has 4 rings (SSSR count). The summed E-state index contributed by atoms with van der Waals surface area (Å²) in [6.45, 7) is 2.81. The minimum atomic E-state index is -3.95. The number of urea groups is 1. The molecule has 2 saturated heterocycles. The second-order valence-electron chi connectivity index (χ2n) is 8.86. The lowest BCUT2D eigenvalue weighted by Crippen LogP contribution is -2.55. The summed E-state index contributed by atoms with van der Waals surface area (Å²) in [6.07, 6.45) is 4.40. The van der Waals surface area contributed by atoms with Crippen molar-refractivity contribution in [3.8, 4) is 0 Å². The predicted molar refractivity (Wildman–Crippen MR) is 135 cm³/mol. The van der Waals surface area contributed by atoms with E-state index in [1.807, 2.05) is 24.3 Å². The Morgan fingerprint density at radius 3 is 2.29 bits per heavy atom. The maximum absolute atomic E-state index is 13.3. The fourth-order valence-corrected chi connectivity index (χ4v) is 5.63. The lowest BCUT2D eigenvalue weighted by atomic mass is 9.97. The number of halogens is 1. The van der Waals surface area contributed by atoms with E-state index < -0.39 is 10.0 Å². The normalized spacial score (nSPS) is 17.3. The van der Waals surface area contributed by atoms with Crippen LogP contribution in [0.15, 0.2) is 47.4 Å². The molecule has 4 N–H and O–H groups in total. The van der Waals surface area contributed by atoms with Crippen LogP contribution in [-0.4, -0.2) is 67.9 Å². The lowest BCUT2D eigenvalue weighted by Gasteiger charge is -2.37. The number of rotatable bonds is 5. The van der Waals surface area contributed by atoms with Gasteiger partial charge in [0.05, 0.1) is 4.90 Å². The van der Waals surface area contributed by atoms with Crippen molar-refractivity contribution >= 4 is 45.2 Å². The molecule has 34 heavy (non-hydrogen) atoms. The number of carbonyl (C=O) groups excluding carboxylic acids is 1. The Kier molecular flexibility index (Phi) is 8.62. The number of likely N-dealkylation sites (tertiary alicyclic amines) is 2. The molecule has 2 aliphatic rings.